The summed E-state index contributed by atoms with van der Waals surface area (Å²) in [4.78, 5) is 19.1. The molecule has 0 radical (unpaired) electrons. The van der Waals surface area contributed by atoms with Gasteiger partial charge in [-0.1, -0.05) is 21.1 Å². The van der Waals surface area contributed by atoms with Gasteiger partial charge in [0, 0.05) is 28.3 Å². The van der Waals surface area contributed by atoms with Crippen molar-refractivity contribution in [2.24, 2.45) is 5.92 Å². The molecule has 1 fully saturated rings. The van der Waals surface area contributed by atoms with E-state index < -0.39 is 11.6 Å². The van der Waals surface area contributed by atoms with E-state index in [2.05, 4.69) is 36.3 Å². The molecule has 1 aliphatic heterocycles. The van der Waals surface area contributed by atoms with E-state index in [1.54, 1.807) is 0 Å². The Morgan fingerprint density at radius 3 is 2.77 bits per heavy atom. The van der Waals surface area contributed by atoms with Crippen LogP contribution in [0.4, 0.5) is 14.5 Å². The van der Waals surface area contributed by atoms with Crippen LogP contribution in [-0.2, 0) is 11.3 Å². The van der Waals surface area contributed by atoms with Crippen LogP contribution in [0.2, 0.25) is 0 Å². The number of rotatable bonds is 5. The van der Waals surface area contributed by atoms with E-state index in [1.165, 1.54) is 6.07 Å². The average Bonchev–Trinajstić information content (AvgIpc) is 3.20. The molecular formula is C21H19BrF2N4O2. The summed E-state index contributed by atoms with van der Waals surface area (Å²) in [6, 6.07) is 10.9. The molecule has 1 aromatic heterocycles. The number of nitrogens with one attached hydrogen (secondary N) is 1. The highest BCUT2D eigenvalue weighted by atomic mass is 79.9. The first-order chi connectivity index (χ1) is 14.5. The Labute approximate surface area is 180 Å². The quantitative estimate of drug-likeness (QED) is 0.581. The molecule has 0 bridgehead atoms. The first-order valence-corrected chi connectivity index (χ1v) is 10.3. The highest BCUT2D eigenvalue weighted by Gasteiger charge is 2.27. The van der Waals surface area contributed by atoms with Gasteiger partial charge in [0.25, 0.3) is 0 Å². The van der Waals surface area contributed by atoms with Crippen molar-refractivity contribution in [2.45, 2.75) is 19.4 Å². The normalized spacial score (nSPS) is 17.1. The maximum Gasteiger partial charge on any atom is 0.241 e. The lowest BCUT2D eigenvalue weighted by Crippen LogP contribution is -2.40. The molecule has 2 aromatic carbocycles. The Bertz CT molecular complexity index is 1040. The second kappa shape index (κ2) is 9.01. The molecule has 1 aliphatic rings. The van der Waals surface area contributed by atoms with Gasteiger partial charge in [-0.2, -0.15) is 4.98 Å². The molecule has 6 nitrogen and oxygen atoms in total. The smallest absolute Gasteiger partial charge is 0.241 e. The van der Waals surface area contributed by atoms with Crippen LogP contribution in [0.5, 0.6) is 0 Å². The van der Waals surface area contributed by atoms with Crippen LogP contribution in [0.1, 0.15) is 18.7 Å². The minimum absolute atomic E-state index is 0.216. The Morgan fingerprint density at radius 2 is 2.00 bits per heavy atom. The number of halogens is 3. The Balaban J connectivity index is 1.36. The lowest BCUT2D eigenvalue weighted by Gasteiger charge is -2.30. The molecule has 0 aliphatic carbocycles. The predicted octanol–water partition coefficient (Wildman–Crippen LogP) is 4.63. The van der Waals surface area contributed by atoms with Gasteiger partial charge in [-0.15, -0.1) is 0 Å². The summed E-state index contributed by atoms with van der Waals surface area (Å²) in [5.41, 5.74) is 1.10. The van der Waals surface area contributed by atoms with Crippen molar-refractivity contribution < 1.29 is 18.1 Å². The van der Waals surface area contributed by atoms with Crippen LogP contribution in [0.15, 0.2) is 51.5 Å². The third kappa shape index (κ3) is 4.91. The zero-order valence-electron chi connectivity index (χ0n) is 15.9. The molecular weight excluding hydrogens is 458 g/mol. The van der Waals surface area contributed by atoms with Crippen LogP contribution >= 0.6 is 15.9 Å². The number of hydrogen-bond donors (Lipinski definition) is 1. The van der Waals surface area contributed by atoms with Crippen LogP contribution in [0.3, 0.4) is 0 Å². The number of likely N-dealkylation sites (tertiary alicyclic amines) is 1. The molecule has 2 heterocycles. The summed E-state index contributed by atoms with van der Waals surface area (Å²) in [5.74, 6) is -1.42. The van der Waals surface area contributed by atoms with Gasteiger partial charge in [0.15, 0.2) is 11.6 Å². The number of aromatic nitrogens is 2. The van der Waals surface area contributed by atoms with Gasteiger partial charge in [-0.25, -0.2) is 8.78 Å². The molecule has 3 aromatic rings. The van der Waals surface area contributed by atoms with E-state index in [0.717, 1.165) is 41.6 Å². The summed E-state index contributed by atoms with van der Waals surface area (Å²) < 4.78 is 32.8. The van der Waals surface area contributed by atoms with E-state index in [1.807, 2.05) is 24.3 Å². The molecule has 1 unspecified atom stereocenters. The van der Waals surface area contributed by atoms with Crippen molar-refractivity contribution >= 4 is 27.5 Å². The summed E-state index contributed by atoms with van der Waals surface area (Å²) in [6.45, 7) is 1.77. The Hall–Kier alpha value is -2.65. The van der Waals surface area contributed by atoms with Crippen LogP contribution in [0, 0.1) is 17.6 Å². The number of hydrogen-bond acceptors (Lipinski definition) is 5. The van der Waals surface area contributed by atoms with E-state index in [9.17, 15) is 13.6 Å². The standard InChI is InChI=1S/C21H19BrF2N4O2/c22-15-5-3-13(4-6-15)20-26-19(30-27-20)12-28-9-1-2-14(11-28)21(29)25-16-7-8-17(23)18(24)10-16/h3-8,10,14H,1-2,9,11-12H2,(H,25,29). The molecule has 1 atom stereocenters. The highest BCUT2D eigenvalue weighted by molar-refractivity contribution is 9.10. The molecule has 0 spiro atoms. The fourth-order valence-corrected chi connectivity index (χ4v) is 3.72. The maximum absolute atomic E-state index is 13.4. The number of benzene rings is 2. The molecule has 156 valence electrons. The summed E-state index contributed by atoms with van der Waals surface area (Å²) in [7, 11) is 0. The first kappa shape index (κ1) is 20.6. The topological polar surface area (TPSA) is 71.3 Å². The second-order valence-corrected chi connectivity index (χ2v) is 8.13. The van der Waals surface area contributed by atoms with Crippen molar-refractivity contribution in [1.29, 1.82) is 0 Å². The van der Waals surface area contributed by atoms with E-state index >= 15 is 0 Å². The Kier molecular flexibility index (Phi) is 6.19. The fourth-order valence-electron chi connectivity index (χ4n) is 3.46. The monoisotopic (exact) mass is 476 g/mol. The molecule has 4 rings (SSSR count). The van der Waals surface area contributed by atoms with Gasteiger partial charge < -0.3 is 9.84 Å². The van der Waals surface area contributed by atoms with Crippen LogP contribution < -0.4 is 5.32 Å². The zero-order chi connectivity index (χ0) is 21.1. The minimum Gasteiger partial charge on any atom is -0.338 e. The molecule has 30 heavy (non-hydrogen) atoms. The lowest BCUT2D eigenvalue weighted by atomic mass is 9.97. The SMILES string of the molecule is O=C(Nc1ccc(F)c(F)c1)C1CCCN(Cc2nc(-c3ccc(Br)cc3)no2)C1. The third-order valence-corrected chi connectivity index (χ3v) is 5.52. The van der Waals surface area contributed by atoms with Gasteiger partial charge in [0.05, 0.1) is 12.5 Å². The molecule has 0 saturated carbocycles. The summed E-state index contributed by atoms with van der Waals surface area (Å²) >= 11 is 3.39. The molecule has 1 amide bonds. The van der Waals surface area contributed by atoms with E-state index in [4.69, 9.17) is 4.52 Å². The van der Waals surface area contributed by atoms with Gasteiger partial charge in [0.1, 0.15) is 0 Å². The Morgan fingerprint density at radius 1 is 1.20 bits per heavy atom. The molecule has 1 saturated heterocycles. The van der Waals surface area contributed by atoms with E-state index in [-0.39, 0.29) is 17.5 Å². The van der Waals surface area contributed by atoms with Crippen molar-refractivity contribution in [3.63, 3.8) is 0 Å². The molecule has 9 heteroatoms. The van der Waals surface area contributed by atoms with Gasteiger partial charge >= 0.3 is 0 Å². The summed E-state index contributed by atoms with van der Waals surface area (Å²) in [5, 5.41) is 6.70. The van der Waals surface area contributed by atoms with Crippen molar-refractivity contribution in [3.05, 3.63) is 64.5 Å². The lowest BCUT2D eigenvalue weighted by molar-refractivity contribution is -0.121. The van der Waals surface area contributed by atoms with Crippen LogP contribution in [0.25, 0.3) is 11.4 Å². The highest BCUT2D eigenvalue weighted by Crippen LogP contribution is 2.23. The van der Waals surface area contributed by atoms with Crippen molar-refractivity contribution in [1.82, 2.24) is 15.0 Å². The van der Waals surface area contributed by atoms with Gasteiger partial charge in [-0.05, 0) is 55.8 Å². The van der Waals surface area contributed by atoms with Gasteiger partial charge in [-0.3, -0.25) is 9.69 Å². The average molecular weight is 477 g/mol. The summed E-state index contributed by atoms with van der Waals surface area (Å²) in [6.07, 6.45) is 1.56. The number of piperidine rings is 1. The number of carbonyl (C=O) groups excluding carboxylic acids is 1. The first-order valence-electron chi connectivity index (χ1n) is 9.55. The number of carbonyl (C=O) groups is 1. The predicted molar refractivity (Wildman–Crippen MR) is 110 cm³/mol. The zero-order valence-corrected chi connectivity index (χ0v) is 17.5. The number of anilines is 1. The fraction of sp³-hybridized carbons (Fsp3) is 0.286. The van der Waals surface area contributed by atoms with Crippen LogP contribution in [-0.4, -0.2) is 34.0 Å². The maximum atomic E-state index is 13.4. The number of amides is 1. The van der Waals surface area contributed by atoms with Crippen molar-refractivity contribution in [3.8, 4) is 11.4 Å². The molecule has 1 N–H and O–H groups in total. The minimum atomic E-state index is -0.990. The second-order valence-electron chi connectivity index (χ2n) is 7.21. The van der Waals surface area contributed by atoms with E-state index in [0.29, 0.717) is 24.8 Å². The van der Waals surface area contributed by atoms with Crippen molar-refractivity contribution in [2.75, 3.05) is 18.4 Å². The van der Waals surface area contributed by atoms with Gasteiger partial charge in [0.2, 0.25) is 17.6 Å². The largest absolute Gasteiger partial charge is 0.338 e. The third-order valence-electron chi connectivity index (χ3n) is 4.99. The number of nitrogens with zero attached hydrogens (tertiary/aromatic N) is 3.